The Morgan fingerprint density at radius 2 is 2.06 bits per heavy atom. The number of hydrogen-bond acceptors (Lipinski definition) is 2. The Kier molecular flexibility index (Phi) is 2.56. The molecule has 3 saturated carbocycles. The van der Waals surface area contributed by atoms with Crippen molar-refractivity contribution >= 4 is 6.09 Å². The van der Waals surface area contributed by atoms with Gasteiger partial charge in [-0.1, -0.05) is 6.92 Å². The van der Waals surface area contributed by atoms with Gasteiger partial charge >= 0.3 is 6.09 Å². The fourth-order valence-electron chi connectivity index (χ4n) is 3.56. The van der Waals surface area contributed by atoms with Gasteiger partial charge in [0, 0.05) is 5.54 Å². The minimum Gasteiger partial charge on any atom is -0.443 e. The highest BCUT2D eigenvalue weighted by Crippen LogP contribution is 2.53. The average Bonchev–Trinajstić information content (AvgIpc) is 2.55. The van der Waals surface area contributed by atoms with Gasteiger partial charge in [0.2, 0.25) is 0 Å². The van der Waals surface area contributed by atoms with Crippen molar-refractivity contribution in [2.45, 2.75) is 63.3 Å². The first-order valence-corrected chi connectivity index (χ1v) is 6.72. The number of fused-ring (bicyclic) bond motifs is 1. The number of halogens is 1. The first-order valence-electron chi connectivity index (χ1n) is 6.72. The minimum absolute atomic E-state index is 0.0209. The monoisotopic (exact) mass is 241 g/mol. The Morgan fingerprint density at radius 3 is 2.47 bits per heavy atom. The molecule has 0 heterocycles. The molecule has 3 rings (SSSR count). The van der Waals surface area contributed by atoms with Crippen molar-refractivity contribution in [2.75, 3.05) is 0 Å². The van der Waals surface area contributed by atoms with Crippen molar-refractivity contribution in [1.29, 1.82) is 0 Å². The van der Waals surface area contributed by atoms with E-state index in [9.17, 15) is 9.18 Å². The average molecular weight is 241 g/mol. The molecule has 3 aliphatic carbocycles. The van der Waals surface area contributed by atoms with E-state index in [1.807, 2.05) is 6.92 Å². The van der Waals surface area contributed by atoms with E-state index in [0.717, 1.165) is 12.8 Å². The van der Waals surface area contributed by atoms with Gasteiger partial charge in [-0.15, -0.1) is 0 Å². The van der Waals surface area contributed by atoms with E-state index in [2.05, 4.69) is 5.32 Å². The van der Waals surface area contributed by atoms with Crippen molar-refractivity contribution in [2.24, 2.45) is 11.8 Å². The van der Waals surface area contributed by atoms with Crippen LogP contribution in [0, 0.1) is 11.8 Å². The zero-order chi connectivity index (χ0) is 12.0. The van der Waals surface area contributed by atoms with Gasteiger partial charge in [-0.05, 0) is 50.4 Å². The van der Waals surface area contributed by atoms with Crippen LogP contribution in [0.1, 0.15) is 45.4 Å². The lowest BCUT2D eigenvalue weighted by Crippen LogP contribution is -2.66. The number of nitrogens with one attached hydrogen (secondary N) is 1. The predicted molar refractivity (Wildman–Crippen MR) is 61.4 cm³/mol. The van der Waals surface area contributed by atoms with Gasteiger partial charge in [0.1, 0.15) is 12.3 Å². The van der Waals surface area contributed by atoms with Crippen LogP contribution in [0.5, 0.6) is 0 Å². The first-order chi connectivity index (χ1) is 8.09. The first kappa shape index (κ1) is 11.3. The standard InChI is InChI=1S/C13H20FNO2/c1-8-6-10(14)11(7-8)17-12(16)15-13-4-2-9(13)3-5-13/h8-11H,2-7H2,1H3,(H,15,16)/t8-,9?,10+,11-,13?/m0/s1. The zero-order valence-electron chi connectivity index (χ0n) is 10.2. The molecule has 0 aromatic rings. The van der Waals surface area contributed by atoms with Crippen LogP contribution in [-0.4, -0.2) is 23.9 Å². The van der Waals surface area contributed by atoms with Gasteiger partial charge in [-0.2, -0.15) is 0 Å². The van der Waals surface area contributed by atoms with Gasteiger partial charge in [-0.3, -0.25) is 0 Å². The number of amides is 1. The second kappa shape index (κ2) is 3.85. The van der Waals surface area contributed by atoms with Crippen molar-refractivity contribution < 1.29 is 13.9 Å². The fraction of sp³-hybridized carbons (Fsp3) is 0.923. The predicted octanol–water partition coefficient (Wildman–Crippen LogP) is 2.79. The number of alkyl carbamates (subject to hydrolysis) is 1. The molecule has 0 aliphatic heterocycles. The molecule has 4 heteroatoms. The Morgan fingerprint density at radius 1 is 1.35 bits per heavy atom. The molecule has 0 spiro atoms. The lowest BCUT2D eigenvalue weighted by Gasteiger charge is -2.58. The van der Waals surface area contributed by atoms with Crippen molar-refractivity contribution in [3.8, 4) is 0 Å². The third-order valence-electron chi connectivity index (χ3n) is 4.93. The third kappa shape index (κ3) is 1.81. The van der Waals surface area contributed by atoms with Gasteiger partial charge in [0.25, 0.3) is 0 Å². The molecule has 17 heavy (non-hydrogen) atoms. The molecular weight excluding hydrogens is 221 g/mol. The SMILES string of the molecule is C[C@H]1C[C@@H](F)[C@@H](OC(=O)NC23CCC2CC3)C1. The summed E-state index contributed by atoms with van der Waals surface area (Å²) in [6, 6.07) is 0. The molecule has 0 saturated heterocycles. The molecule has 3 nitrogen and oxygen atoms in total. The largest absolute Gasteiger partial charge is 0.443 e. The van der Waals surface area contributed by atoms with Crippen molar-refractivity contribution in [3.05, 3.63) is 0 Å². The van der Waals surface area contributed by atoms with E-state index in [1.54, 1.807) is 0 Å². The van der Waals surface area contributed by atoms with Gasteiger partial charge < -0.3 is 10.1 Å². The highest BCUT2D eigenvalue weighted by atomic mass is 19.1. The second-order valence-electron chi connectivity index (χ2n) is 6.09. The quantitative estimate of drug-likeness (QED) is 0.807. The number of alkyl halides is 1. The Bertz CT molecular complexity index is 325. The molecule has 1 amide bonds. The summed E-state index contributed by atoms with van der Waals surface area (Å²) in [5, 5.41) is 2.96. The van der Waals surface area contributed by atoms with E-state index >= 15 is 0 Å². The molecule has 0 unspecified atom stereocenters. The summed E-state index contributed by atoms with van der Waals surface area (Å²) in [6.45, 7) is 2.00. The fourth-order valence-corrected chi connectivity index (χ4v) is 3.56. The van der Waals surface area contributed by atoms with Crippen LogP contribution < -0.4 is 5.32 Å². The highest BCUT2D eigenvalue weighted by molar-refractivity contribution is 5.69. The Labute approximate surface area is 101 Å². The van der Waals surface area contributed by atoms with Gasteiger partial charge in [-0.25, -0.2) is 9.18 Å². The van der Waals surface area contributed by atoms with E-state index in [0.29, 0.717) is 24.7 Å². The van der Waals surface area contributed by atoms with Crippen LogP contribution in [0.3, 0.4) is 0 Å². The lowest BCUT2D eigenvalue weighted by atomic mass is 9.53. The second-order valence-corrected chi connectivity index (χ2v) is 6.09. The van der Waals surface area contributed by atoms with E-state index in [1.165, 1.54) is 12.8 Å². The summed E-state index contributed by atoms with van der Waals surface area (Å²) >= 11 is 0. The summed E-state index contributed by atoms with van der Waals surface area (Å²) in [5.74, 6) is 0.972. The van der Waals surface area contributed by atoms with Crippen LogP contribution in [-0.2, 0) is 4.74 Å². The summed E-state index contributed by atoms with van der Waals surface area (Å²) < 4.78 is 18.7. The van der Waals surface area contributed by atoms with Gasteiger partial charge in [0.15, 0.2) is 0 Å². The zero-order valence-corrected chi connectivity index (χ0v) is 10.2. The summed E-state index contributed by atoms with van der Waals surface area (Å²) in [7, 11) is 0. The number of ether oxygens (including phenoxy) is 1. The molecule has 3 fully saturated rings. The normalized spacial score (nSPS) is 47.6. The molecule has 0 aromatic heterocycles. The number of carbonyl (C=O) groups is 1. The smallest absolute Gasteiger partial charge is 0.407 e. The summed E-state index contributed by atoms with van der Waals surface area (Å²) in [5.41, 5.74) is 0.0209. The number of carbonyl (C=O) groups excluding carboxylic acids is 1. The van der Waals surface area contributed by atoms with Crippen LogP contribution >= 0.6 is 0 Å². The number of rotatable bonds is 2. The van der Waals surface area contributed by atoms with Gasteiger partial charge in [0.05, 0.1) is 0 Å². The third-order valence-corrected chi connectivity index (χ3v) is 4.93. The maximum atomic E-state index is 13.5. The minimum atomic E-state index is -0.980. The molecule has 3 aliphatic rings. The summed E-state index contributed by atoms with van der Waals surface area (Å²) in [4.78, 5) is 11.7. The highest BCUT2D eigenvalue weighted by Gasteiger charge is 2.54. The molecule has 1 N–H and O–H groups in total. The van der Waals surface area contributed by atoms with Crippen molar-refractivity contribution in [1.82, 2.24) is 5.32 Å². The van der Waals surface area contributed by atoms with E-state index in [4.69, 9.17) is 4.74 Å². The Balaban J connectivity index is 1.50. The summed E-state index contributed by atoms with van der Waals surface area (Å²) in [6.07, 6.45) is 3.82. The molecular formula is C13H20FNO2. The molecule has 3 atom stereocenters. The van der Waals surface area contributed by atoms with Crippen molar-refractivity contribution in [3.63, 3.8) is 0 Å². The number of hydrogen-bond donors (Lipinski definition) is 1. The van der Waals surface area contributed by atoms with Crippen LogP contribution in [0.4, 0.5) is 9.18 Å². The molecule has 96 valence electrons. The van der Waals surface area contributed by atoms with Crippen LogP contribution in [0.15, 0.2) is 0 Å². The Hall–Kier alpha value is -0.800. The maximum absolute atomic E-state index is 13.5. The molecule has 0 aromatic carbocycles. The maximum Gasteiger partial charge on any atom is 0.407 e. The molecule has 0 radical (unpaired) electrons. The molecule has 0 bridgehead atoms. The topological polar surface area (TPSA) is 38.3 Å². The lowest BCUT2D eigenvalue weighted by molar-refractivity contribution is -0.0276. The van der Waals surface area contributed by atoms with Crippen LogP contribution in [0.2, 0.25) is 0 Å². The van der Waals surface area contributed by atoms with Crippen LogP contribution in [0.25, 0.3) is 0 Å². The van der Waals surface area contributed by atoms with E-state index in [-0.39, 0.29) is 5.54 Å². The van der Waals surface area contributed by atoms with E-state index < -0.39 is 18.4 Å².